The summed E-state index contributed by atoms with van der Waals surface area (Å²) < 4.78 is 23.4. The number of hydrogen-bond acceptors (Lipinski definition) is 6. The number of carbonyl (C=O) groups excluding carboxylic acids is 1. The number of halogens is 1. The van der Waals surface area contributed by atoms with Gasteiger partial charge in [0.15, 0.2) is 6.10 Å². The Bertz CT molecular complexity index is 802. The van der Waals surface area contributed by atoms with Gasteiger partial charge in [0.1, 0.15) is 11.6 Å². The third kappa shape index (κ3) is 3.96. The average molecular weight is 347 g/mol. The number of ether oxygens (including phenoxy) is 1. The van der Waals surface area contributed by atoms with E-state index in [9.17, 15) is 9.18 Å². The highest BCUT2D eigenvalue weighted by Gasteiger charge is 2.16. The van der Waals surface area contributed by atoms with Gasteiger partial charge in [-0.1, -0.05) is 11.2 Å². The number of nitrogens with zero attached hydrogens (tertiary/aromatic N) is 2. The van der Waals surface area contributed by atoms with E-state index in [1.807, 2.05) is 17.5 Å². The van der Waals surface area contributed by atoms with Crippen molar-refractivity contribution in [1.29, 1.82) is 0 Å². The van der Waals surface area contributed by atoms with E-state index in [-0.39, 0.29) is 18.3 Å². The van der Waals surface area contributed by atoms with Gasteiger partial charge in [0, 0.05) is 0 Å². The Morgan fingerprint density at radius 2 is 2.17 bits per heavy atom. The maximum absolute atomic E-state index is 12.8. The molecule has 1 aromatic carbocycles. The quantitative estimate of drug-likeness (QED) is 0.742. The van der Waals surface area contributed by atoms with Crippen molar-refractivity contribution in [2.24, 2.45) is 0 Å². The first kappa shape index (κ1) is 16.1. The van der Waals surface area contributed by atoms with Crippen LogP contribution in [-0.2, 0) is 11.3 Å². The van der Waals surface area contributed by atoms with Crippen LogP contribution in [0.3, 0.4) is 0 Å². The average Bonchev–Trinajstić information content (AvgIpc) is 3.25. The van der Waals surface area contributed by atoms with Crippen LogP contribution < -0.4 is 10.1 Å². The number of amides is 1. The molecule has 0 aliphatic heterocycles. The van der Waals surface area contributed by atoms with E-state index in [0.29, 0.717) is 17.5 Å². The largest absolute Gasteiger partial charge is 0.481 e. The standard InChI is InChI=1S/C16H14FN3O3S/c1-10(22-12-6-4-11(17)5-7-12)16(21)18-9-14-19-15(20-23-14)13-3-2-8-24-13/h2-8,10H,9H2,1H3,(H,18,21). The highest BCUT2D eigenvalue weighted by molar-refractivity contribution is 7.13. The van der Waals surface area contributed by atoms with Crippen molar-refractivity contribution in [3.8, 4) is 16.5 Å². The number of nitrogens with one attached hydrogen (secondary N) is 1. The van der Waals surface area contributed by atoms with Gasteiger partial charge >= 0.3 is 0 Å². The van der Waals surface area contributed by atoms with Crippen molar-refractivity contribution in [3.63, 3.8) is 0 Å². The summed E-state index contributed by atoms with van der Waals surface area (Å²) in [7, 11) is 0. The Morgan fingerprint density at radius 1 is 1.38 bits per heavy atom. The molecular formula is C16H14FN3O3S. The third-order valence-corrected chi connectivity index (χ3v) is 3.99. The predicted molar refractivity (Wildman–Crippen MR) is 85.9 cm³/mol. The molecule has 0 spiro atoms. The van der Waals surface area contributed by atoms with Crippen LogP contribution in [-0.4, -0.2) is 22.2 Å². The first-order chi connectivity index (χ1) is 11.6. The lowest BCUT2D eigenvalue weighted by Gasteiger charge is -2.13. The molecule has 0 saturated carbocycles. The Kier molecular flexibility index (Phi) is 4.85. The van der Waals surface area contributed by atoms with E-state index in [0.717, 1.165) is 4.88 Å². The number of hydrogen-bond donors (Lipinski definition) is 1. The molecule has 0 fully saturated rings. The second-order valence-electron chi connectivity index (χ2n) is 4.92. The normalized spacial score (nSPS) is 11.9. The summed E-state index contributed by atoms with van der Waals surface area (Å²) in [5, 5.41) is 8.44. The van der Waals surface area contributed by atoms with Crippen LogP contribution in [0.1, 0.15) is 12.8 Å². The summed E-state index contributed by atoms with van der Waals surface area (Å²) in [6, 6.07) is 9.24. The highest BCUT2D eigenvalue weighted by Crippen LogP contribution is 2.21. The predicted octanol–water partition coefficient (Wildman–Crippen LogP) is 3.02. The summed E-state index contributed by atoms with van der Waals surface area (Å²) in [5.74, 6) is 0.509. The first-order valence-electron chi connectivity index (χ1n) is 7.18. The second-order valence-corrected chi connectivity index (χ2v) is 5.87. The molecular weight excluding hydrogens is 333 g/mol. The Hall–Kier alpha value is -2.74. The van der Waals surface area contributed by atoms with Gasteiger partial charge in [0.05, 0.1) is 11.4 Å². The van der Waals surface area contributed by atoms with Crippen LogP contribution in [0.25, 0.3) is 10.7 Å². The molecule has 0 aliphatic carbocycles. The number of aromatic nitrogens is 2. The number of thiophene rings is 1. The van der Waals surface area contributed by atoms with E-state index in [2.05, 4.69) is 15.5 Å². The van der Waals surface area contributed by atoms with Gasteiger partial charge in [-0.3, -0.25) is 4.79 Å². The molecule has 3 aromatic rings. The Labute approximate surface area is 141 Å². The maximum atomic E-state index is 12.8. The van der Waals surface area contributed by atoms with Crippen molar-refractivity contribution in [1.82, 2.24) is 15.5 Å². The third-order valence-electron chi connectivity index (χ3n) is 3.12. The zero-order chi connectivity index (χ0) is 16.9. The molecule has 8 heteroatoms. The molecule has 24 heavy (non-hydrogen) atoms. The van der Waals surface area contributed by atoms with Gasteiger partial charge < -0.3 is 14.6 Å². The van der Waals surface area contributed by atoms with Crippen LogP contribution in [0, 0.1) is 5.82 Å². The smallest absolute Gasteiger partial charge is 0.261 e. The first-order valence-corrected chi connectivity index (χ1v) is 8.06. The van der Waals surface area contributed by atoms with Crippen LogP contribution in [0.5, 0.6) is 5.75 Å². The lowest BCUT2D eigenvalue weighted by atomic mass is 10.3. The zero-order valence-electron chi connectivity index (χ0n) is 12.7. The molecule has 1 amide bonds. The molecule has 1 unspecified atom stereocenters. The van der Waals surface area contributed by atoms with Gasteiger partial charge in [-0.05, 0) is 42.6 Å². The van der Waals surface area contributed by atoms with Crippen LogP contribution in [0.4, 0.5) is 4.39 Å². The molecule has 3 rings (SSSR count). The van der Waals surface area contributed by atoms with Crippen molar-refractivity contribution < 1.29 is 18.4 Å². The topological polar surface area (TPSA) is 77.2 Å². The maximum Gasteiger partial charge on any atom is 0.261 e. The summed E-state index contributed by atoms with van der Waals surface area (Å²) in [6.45, 7) is 1.71. The molecule has 6 nitrogen and oxygen atoms in total. The molecule has 1 atom stereocenters. The molecule has 0 saturated heterocycles. The van der Waals surface area contributed by atoms with E-state index in [1.54, 1.807) is 6.92 Å². The molecule has 2 heterocycles. The van der Waals surface area contributed by atoms with Crippen LogP contribution in [0.15, 0.2) is 46.3 Å². The molecule has 0 radical (unpaired) electrons. The van der Waals surface area contributed by atoms with Gasteiger partial charge in [0.25, 0.3) is 5.91 Å². The zero-order valence-corrected chi connectivity index (χ0v) is 13.5. The minimum atomic E-state index is -0.741. The van der Waals surface area contributed by atoms with Crippen LogP contribution >= 0.6 is 11.3 Å². The fraction of sp³-hybridized carbons (Fsp3) is 0.188. The Morgan fingerprint density at radius 3 is 2.88 bits per heavy atom. The minimum absolute atomic E-state index is 0.105. The molecule has 2 aromatic heterocycles. The van der Waals surface area contributed by atoms with Gasteiger partial charge in [-0.15, -0.1) is 11.3 Å². The fourth-order valence-corrected chi connectivity index (χ4v) is 2.56. The van der Waals surface area contributed by atoms with E-state index in [4.69, 9.17) is 9.26 Å². The van der Waals surface area contributed by atoms with E-state index in [1.165, 1.54) is 35.6 Å². The van der Waals surface area contributed by atoms with Crippen molar-refractivity contribution in [2.75, 3.05) is 0 Å². The van der Waals surface area contributed by atoms with Crippen molar-refractivity contribution >= 4 is 17.2 Å². The van der Waals surface area contributed by atoms with Gasteiger partial charge in [-0.2, -0.15) is 4.98 Å². The highest BCUT2D eigenvalue weighted by atomic mass is 32.1. The van der Waals surface area contributed by atoms with E-state index >= 15 is 0 Å². The lowest BCUT2D eigenvalue weighted by molar-refractivity contribution is -0.127. The number of carbonyl (C=O) groups is 1. The summed E-state index contributed by atoms with van der Waals surface area (Å²) >= 11 is 1.50. The van der Waals surface area contributed by atoms with Crippen molar-refractivity contribution in [3.05, 3.63) is 53.5 Å². The molecule has 1 N–H and O–H groups in total. The number of rotatable bonds is 6. The summed E-state index contributed by atoms with van der Waals surface area (Å²) in [4.78, 5) is 17.1. The monoisotopic (exact) mass is 347 g/mol. The van der Waals surface area contributed by atoms with Crippen LogP contribution in [0.2, 0.25) is 0 Å². The summed E-state index contributed by atoms with van der Waals surface area (Å²) in [6.07, 6.45) is -0.741. The second kappa shape index (κ2) is 7.22. The molecule has 0 bridgehead atoms. The van der Waals surface area contributed by atoms with Gasteiger partial charge in [-0.25, -0.2) is 4.39 Å². The van der Waals surface area contributed by atoms with Gasteiger partial charge in [0.2, 0.25) is 11.7 Å². The lowest BCUT2D eigenvalue weighted by Crippen LogP contribution is -2.35. The molecule has 124 valence electrons. The SMILES string of the molecule is CC(Oc1ccc(F)cc1)C(=O)NCc1nc(-c2cccs2)no1. The van der Waals surface area contributed by atoms with E-state index < -0.39 is 6.10 Å². The fourth-order valence-electron chi connectivity index (χ4n) is 1.91. The Balaban J connectivity index is 1.52. The van der Waals surface area contributed by atoms with Crippen molar-refractivity contribution in [2.45, 2.75) is 19.6 Å². The summed E-state index contributed by atoms with van der Waals surface area (Å²) in [5.41, 5.74) is 0. The number of benzene rings is 1. The molecule has 0 aliphatic rings. The minimum Gasteiger partial charge on any atom is -0.481 e.